The van der Waals surface area contributed by atoms with E-state index < -0.39 is 0 Å². The smallest absolute Gasteiger partial charge is 0.191 e. The van der Waals surface area contributed by atoms with E-state index in [-0.39, 0.29) is 24.0 Å². The summed E-state index contributed by atoms with van der Waals surface area (Å²) in [5.74, 6) is 1.26. The van der Waals surface area contributed by atoms with Crippen molar-refractivity contribution >= 4 is 29.9 Å². The van der Waals surface area contributed by atoms with Gasteiger partial charge in [0.15, 0.2) is 5.96 Å². The van der Waals surface area contributed by atoms with Crippen molar-refractivity contribution in [2.75, 3.05) is 13.1 Å². The number of guanidine groups is 1. The van der Waals surface area contributed by atoms with Gasteiger partial charge in [0, 0.05) is 19.1 Å². The maximum absolute atomic E-state index is 9.21. The summed E-state index contributed by atoms with van der Waals surface area (Å²) in [6, 6.07) is 8.03. The van der Waals surface area contributed by atoms with Crippen LogP contribution in [0.2, 0.25) is 0 Å². The molecule has 0 aliphatic heterocycles. The number of halogens is 1. The Labute approximate surface area is 138 Å². The number of aryl methyl sites for hydroxylation is 1. The lowest BCUT2D eigenvalue weighted by Crippen LogP contribution is -2.38. The average Bonchev–Trinajstić information content (AvgIpc) is 3.21. The zero-order chi connectivity index (χ0) is 13.5. The van der Waals surface area contributed by atoms with Crippen molar-refractivity contribution < 1.29 is 5.11 Å². The number of hydrogen-bond acceptors (Lipinski definition) is 2. The number of benzene rings is 1. The Morgan fingerprint density at radius 1 is 1.30 bits per heavy atom. The van der Waals surface area contributed by atoms with Crippen molar-refractivity contribution in [3.05, 3.63) is 29.8 Å². The third-order valence-corrected chi connectivity index (χ3v) is 3.09. The van der Waals surface area contributed by atoms with Gasteiger partial charge in [0.1, 0.15) is 5.75 Å². The van der Waals surface area contributed by atoms with E-state index in [2.05, 4.69) is 22.5 Å². The second-order valence-corrected chi connectivity index (χ2v) is 4.95. The van der Waals surface area contributed by atoms with E-state index >= 15 is 0 Å². The van der Waals surface area contributed by atoms with Gasteiger partial charge < -0.3 is 15.7 Å². The van der Waals surface area contributed by atoms with Crippen molar-refractivity contribution in [1.29, 1.82) is 0 Å². The molecule has 112 valence electrons. The zero-order valence-electron chi connectivity index (χ0n) is 11.9. The molecule has 0 spiro atoms. The van der Waals surface area contributed by atoms with Gasteiger partial charge in [-0.2, -0.15) is 0 Å². The van der Waals surface area contributed by atoms with Crippen molar-refractivity contribution in [3.8, 4) is 5.75 Å². The van der Waals surface area contributed by atoms with Crippen LogP contribution in [0, 0.1) is 0 Å². The summed E-state index contributed by atoms with van der Waals surface area (Å²) in [7, 11) is 0. The van der Waals surface area contributed by atoms with Crippen LogP contribution in [-0.2, 0) is 6.42 Å². The van der Waals surface area contributed by atoms with Gasteiger partial charge in [-0.3, -0.25) is 4.99 Å². The van der Waals surface area contributed by atoms with Crippen LogP contribution >= 0.6 is 24.0 Å². The Kier molecular flexibility index (Phi) is 7.72. The monoisotopic (exact) mass is 389 g/mol. The highest BCUT2D eigenvalue weighted by atomic mass is 127. The minimum absolute atomic E-state index is 0. The molecule has 0 unspecified atom stereocenters. The molecular formula is C15H24IN3O. The highest BCUT2D eigenvalue weighted by molar-refractivity contribution is 14.0. The third-order valence-electron chi connectivity index (χ3n) is 3.09. The Hall–Kier alpha value is -0.980. The van der Waals surface area contributed by atoms with Crippen LogP contribution in [0.3, 0.4) is 0 Å². The summed E-state index contributed by atoms with van der Waals surface area (Å²) in [5, 5.41) is 15.9. The fourth-order valence-electron chi connectivity index (χ4n) is 1.88. The van der Waals surface area contributed by atoms with Gasteiger partial charge in [0.25, 0.3) is 0 Å². The Morgan fingerprint density at radius 3 is 2.60 bits per heavy atom. The molecule has 0 radical (unpaired) electrons. The van der Waals surface area contributed by atoms with Gasteiger partial charge in [0.05, 0.1) is 0 Å². The molecule has 0 bridgehead atoms. The first-order chi connectivity index (χ1) is 9.28. The maximum Gasteiger partial charge on any atom is 0.191 e. The molecule has 20 heavy (non-hydrogen) atoms. The molecule has 0 amide bonds. The van der Waals surface area contributed by atoms with E-state index in [1.807, 2.05) is 12.1 Å². The highest BCUT2D eigenvalue weighted by Crippen LogP contribution is 2.18. The summed E-state index contributed by atoms with van der Waals surface area (Å²) in [4.78, 5) is 4.57. The molecule has 0 saturated heterocycles. The predicted octanol–water partition coefficient (Wildman–Crippen LogP) is 2.66. The van der Waals surface area contributed by atoms with Crippen molar-refractivity contribution in [3.63, 3.8) is 0 Å². The fourth-order valence-corrected chi connectivity index (χ4v) is 1.88. The fraction of sp³-hybridized carbons (Fsp3) is 0.533. The minimum Gasteiger partial charge on any atom is -0.508 e. The summed E-state index contributed by atoms with van der Waals surface area (Å²) in [6.07, 6.45) is 4.54. The van der Waals surface area contributed by atoms with Crippen LogP contribution in [0.4, 0.5) is 0 Å². The minimum atomic E-state index is 0. The Bertz CT molecular complexity index is 416. The number of aromatic hydroxyl groups is 1. The molecule has 0 heterocycles. The lowest BCUT2D eigenvalue weighted by Gasteiger charge is -2.10. The summed E-state index contributed by atoms with van der Waals surface area (Å²) < 4.78 is 0. The predicted molar refractivity (Wildman–Crippen MR) is 94.0 cm³/mol. The lowest BCUT2D eigenvalue weighted by atomic mass is 10.1. The van der Waals surface area contributed by atoms with Crippen LogP contribution in [0.1, 0.15) is 31.7 Å². The van der Waals surface area contributed by atoms with Crippen LogP contribution in [0.15, 0.2) is 29.3 Å². The van der Waals surface area contributed by atoms with Crippen LogP contribution in [0.5, 0.6) is 5.75 Å². The lowest BCUT2D eigenvalue weighted by molar-refractivity contribution is 0.475. The van der Waals surface area contributed by atoms with Gasteiger partial charge in [-0.05, 0) is 50.3 Å². The Morgan fingerprint density at radius 2 is 2.00 bits per heavy atom. The Balaban J connectivity index is 0.00000200. The van der Waals surface area contributed by atoms with Crippen molar-refractivity contribution in [2.45, 2.75) is 38.6 Å². The van der Waals surface area contributed by atoms with E-state index in [0.717, 1.165) is 31.9 Å². The molecule has 0 atom stereocenters. The van der Waals surface area contributed by atoms with E-state index in [1.165, 1.54) is 18.4 Å². The molecule has 5 heteroatoms. The molecular weight excluding hydrogens is 365 g/mol. The molecule has 0 aromatic heterocycles. The maximum atomic E-state index is 9.21. The standard InChI is InChI=1S/C15H23N3O.HI/c1-2-16-15(18-13-7-8-13)17-11-3-4-12-5-9-14(19)10-6-12;/h5-6,9-10,13,19H,2-4,7-8,11H2,1H3,(H2,16,17,18);1H. The largest absolute Gasteiger partial charge is 0.508 e. The van der Waals surface area contributed by atoms with Crippen LogP contribution < -0.4 is 10.6 Å². The summed E-state index contributed by atoms with van der Waals surface area (Å²) in [6.45, 7) is 3.81. The molecule has 4 nitrogen and oxygen atoms in total. The van der Waals surface area contributed by atoms with Crippen LogP contribution in [-0.4, -0.2) is 30.2 Å². The topological polar surface area (TPSA) is 56.7 Å². The van der Waals surface area contributed by atoms with E-state index in [0.29, 0.717) is 11.8 Å². The normalized spacial score (nSPS) is 14.6. The third kappa shape index (κ3) is 6.45. The first-order valence-corrected chi connectivity index (χ1v) is 7.10. The number of rotatable bonds is 6. The molecule has 2 rings (SSSR count). The number of phenols is 1. The highest BCUT2D eigenvalue weighted by Gasteiger charge is 2.21. The molecule has 1 aliphatic rings. The first-order valence-electron chi connectivity index (χ1n) is 7.10. The van der Waals surface area contributed by atoms with Gasteiger partial charge >= 0.3 is 0 Å². The molecule has 1 aromatic carbocycles. The second-order valence-electron chi connectivity index (χ2n) is 4.95. The number of phenolic OH excluding ortho intramolecular Hbond substituents is 1. The molecule has 1 aromatic rings. The molecule has 1 fully saturated rings. The first kappa shape index (κ1) is 17.1. The van der Waals surface area contributed by atoms with Gasteiger partial charge in [-0.15, -0.1) is 24.0 Å². The molecule has 3 N–H and O–H groups in total. The number of aliphatic imine (C=N–C) groups is 1. The van der Waals surface area contributed by atoms with E-state index in [4.69, 9.17) is 0 Å². The number of nitrogens with zero attached hydrogens (tertiary/aromatic N) is 1. The SMILES string of the molecule is CCNC(=NCCCc1ccc(O)cc1)NC1CC1.I. The van der Waals surface area contributed by atoms with Crippen LogP contribution in [0.25, 0.3) is 0 Å². The van der Waals surface area contributed by atoms with E-state index in [1.54, 1.807) is 12.1 Å². The zero-order valence-corrected chi connectivity index (χ0v) is 14.3. The van der Waals surface area contributed by atoms with Crippen molar-refractivity contribution in [2.24, 2.45) is 4.99 Å². The average molecular weight is 389 g/mol. The molecule has 1 saturated carbocycles. The summed E-state index contributed by atoms with van der Waals surface area (Å²) >= 11 is 0. The number of hydrogen-bond donors (Lipinski definition) is 3. The summed E-state index contributed by atoms with van der Waals surface area (Å²) in [5.41, 5.74) is 1.24. The van der Waals surface area contributed by atoms with Crippen molar-refractivity contribution in [1.82, 2.24) is 10.6 Å². The van der Waals surface area contributed by atoms with Gasteiger partial charge in [-0.1, -0.05) is 12.1 Å². The number of nitrogens with one attached hydrogen (secondary N) is 2. The van der Waals surface area contributed by atoms with E-state index in [9.17, 15) is 5.11 Å². The molecule has 1 aliphatic carbocycles. The van der Waals surface area contributed by atoms with Gasteiger partial charge in [0.2, 0.25) is 0 Å². The van der Waals surface area contributed by atoms with Gasteiger partial charge in [-0.25, -0.2) is 0 Å². The second kappa shape index (κ2) is 9.05. The quantitative estimate of drug-likeness (QED) is 0.304.